The van der Waals surface area contributed by atoms with Gasteiger partial charge in [0, 0.05) is 18.7 Å². The smallest absolute Gasteiger partial charge is 0.308 e. The number of aliphatic carboxylic acids is 1. The van der Waals surface area contributed by atoms with Gasteiger partial charge in [0.1, 0.15) is 0 Å². The summed E-state index contributed by atoms with van der Waals surface area (Å²) in [6.07, 6.45) is 0.623. The minimum Gasteiger partial charge on any atom is -0.481 e. The molecule has 152 valence electrons. The molecule has 0 fully saturated rings. The van der Waals surface area contributed by atoms with Gasteiger partial charge in [-0.1, -0.05) is 42.5 Å². The maximum atomic E-state index is 12.4. The van der Waals surface area contributed by atoms with E-state index in [0.29, 0.717) is 6.42 Å². The third kappa shape index (κ3) is 5.22. The van der Waals surface area contributed by atoms with E-state index in [-0.39, 0.29) is 24.9 Å². The van der Waals surface area contributed by atoms with Gasteiger partial charge >= 0.3 is 5.97 Å². The molecule has 3 aromatic rings. The SMILES string of the molecule is Cc1cc(C)n(C(C)CC(=O)NCC(Cc2ccc3ccccc3c2)C(=O)O)n1. The first-order valence-corrected chi connectivity index (χ1v) is 9.83. The molecule has 0 bridgehead atoms. The van der Waals surface area contributed by atoms with Crippen LogP contribution in [0.1, 0.15) is 36.3 Å². The highest BCUT2D eigenvalue weighted by Crippen LogP contribution is 2.18. The summed E-state index contributed by atoms with van der Waals surface area (Å²) in [7, 11) is 0. The molecule has 1 heterocycles. The summed E-state index contributed by atoms with van der Waals surface area (Å²) in [5, 5.41) is 19.0. The molecule has 6 heteroatoms. The van der Waals surface area contributed by atoms with Gasteiger partial charge in [-0.15, -0.1) is 0 Å². The van der Waals surface area contributed by atoms with Crippen LogP contribution in [0.2, 0.25) is 0 Å². The summed E-state index contributed by atoms with van der Waals surface area (Å²) >= 11 is 0. The molecule has 0 saturated carbocycles. The fourth-order valence-corrected chi connectivity index (χ4v) is 3.65. The van der Waals surface area contributed by atoms with Crippen molar-refractivity contribution in [2.75, 3.05) is 6.54 Å². The molecule has 3 rings (SSSR count). The average molecular weight is 393 g/mol. The third-order valence-electron chi connectivity index (χ3n) is 5.13. The van der Waals surface area contributed by atoms with Crippen LogP contribution in [0.3, 0.4) is 0 Å². The largest absolute Gasteiger partial charge is 0.481 e. The van der Waals surface area contributed by atoms with E-state index < -0.39 is 11.9 Å². The Labute approximate surface area is 170 Å². The van der Waals surface area contributed by atoms with Gasteiger partial charge in [0.05, 0.1) is 17.7 Å². The van der Waals surface area contributed by atoms with Gasteiger partial charge in [0.15, 0.2) is 0 Å². The van der Waals surface area contributed by atoms with Crippen LogP contribution in [-0.2, 0) is 16.0 Å². The van der Waals surface area contributed by atoms with E-state index in [0.717, 1.165) is 27.7 Å². The highest BCUT2D eigenvalue weighted by atomic mass is 16.4. The van der Waals surface area contributed by atoms with Crippen LogP contribution in [0.5, 0.6) is 0 Å². The number of rotatable bonds is 8. The van der Waals surface area contributed by atoms with Gasteiger partial charge in [-0.05, 0) is 49.6 Å². The lowest BCUT2D eigenvalue weighted by Crippen LogP contribution is -2.35. The summed E-state index contributed by atoms with van der Waals surface area (Å²) in [5.74, 6) is -1.76. The maximum absolute atomic E-state index is 12.4. The molecular weight excluding hydrogens is 366 g/mol. The number of carboxylic acid groups (broad SMARTS) is 1. The van der Waals surface area contributed by atoms with Crippen molar-refractivity contribution in [1.82, 2.24) is 15.1 Å². The van der Waals surface area contributed by atoms with Crippen LogP contribution in [0.15, 0.2) is 48.5 Å². The number of carboxylic acids is 1. The van der Waals surface area contributed by atoms with E-state index in [2.05, 4.69) is 10.4 Å². The average Bonchev–Trinajstić information content (AvgIpc) is 3.03. The van der Waals surface area contributed by atoms with Crippen LogP contribution in [0.25, 0.3) is 10.8 Å². The first kappa shape index (κ1) is 20.6. The normalized spacial score (nSPS) is 13.2. The molecule has 1 aromatic heterocycles. The number of benzene rings is 2. The first-order valence-electron chi connectivity index (χ1n) is 9.83. The van der Waals surface area contributed by atoms with Crippen molar-refractivity contribution in [3.63, 3.8) is 0 Å². The Morgan fingerprint density at radius 3 is 2.48 bits per heavy atom. The number of carbonyl (C=O) groups excluding carboxylic acids is 1. The summed E-state index contributed by atoms with van der Waals surface area (Å²) in [6, 6.07) is 15.8. The minimum absolute atomic E-state index is 0.0903. The van der Waals surface area contributed by atoms with Crippen LogP contribution >= 0.6 is 0 Å². The molecule has 0 spiro atoms. The molecule has 2 atom stereocenters. The Morgan fingerprint density at radius 2 is 1.83 bits per heavy atom. The Kier molecular flexibility index (Phi) is 6.32. The Hall–Kier alpha value is -3.15. The van der Waals surface area contributed by atoms with Crippen LogP contribution in [0, 0.1) is 19.8 Å². The third-order valence-corrected chi connectivity index (χ3v) is 5.13. The molecule has 0 aliphatic carbocycles. The fraction of sp³-hybridized carbons (Fsp3) is 0.348. The van der Waals surface area contributed by atoms with E-state index >= 15 is 0 Å². The molecule has 0 aliphatic rings. The Morgan fingerprint density at radius 1 is 1.10 bits per heavy atom. The van der Waals surface area contributed by atoms with Crippen molar-refractivity contribution in [1.29, 1.82) is 0 Å². The number of carbonyl (C=O) groups is 2. The van der Waals surface area contributed by atoms with Gasteiger partial charge in [-0.3, -0.25) is 14.3 Å². The van der Waals surface area contributed by atoms with Crippen LogP contribution < -0.4 is 5.32 Å². The van der Waals surface area contributed by atoms with Gasteiger partial charge < -0.3 is 10.4 Å². The quantitative estimate of drug-likeness (QED) is 0.612. The molecular formula is C23H27N3O3. The molecule has 2 aromatic carbocycles. The highest BCUT2D eigenvalue weighted by Gasteiger charge is 2.20. The van der Waals surface area contributed by atoms with Crippen LogP contribution in [0.4, 0.5) is 0 Å². The first-order chi connectivity index (χ1) is 13.8. The van der Waals surface area contributed by atoms with Crippen molar-refractivity contribution >= 4 is 22.6 Å². The zero-order valence-electron chi connectivity index (χ0n) is 17.1. The number of aromatic nitrogens is 2. The minimum atomic E-state index is -0.912. The lowest BCUT2D eigenvalue weighted by molar-refractivity contribution is -0.141. The van der Waals surface area contributed by atoms with Crippen molar-refractivity contribution in [2.45, 2.75) is 39.7 Å². The second kappa shape index (κ2) is 8.90. The van der Waals surface area contributed by atoms with E-state index in [9.17, 15) is 14.7 Å². The number of aryl methyl sites for hydroxylation is 2. The molecule has 1 amide bonds. The lowest BCUT2D eigenvalue weighted by Gasteiger charge is -2.17. The maximum Gasteiger partial charge on any atom is 0.308 e. The number of fused-ring (bicyclic) bond motifs is 1. The van der Waals surface area contributed by atoms with E-state index in [1.165, 1.54) is 0 Å². The van der Waals surface area contributed by atoms with E-state index in [1.807, 2.05) is 74.0 Å². The van der Waals surface area contributed by atoms with Crippen molar-refractivity contribution < 1.29 is 14.7 Å². The van der Waals surface area contributed by atoms with Gasteiger partial charge in [-0.2, -0.15) is 5.10 Å². The molecule has 2 N–H and O–H groups in total. The Bertz CT molecular complexity index is 1030. The topological polar surface area (TPSA) is 84.2 Å². The van der Waals surface area contributed by atoms with Crippen LogP contribution in [-0.4, -0.2) is 33.3 Å². The number of amides is 1. The number of nitrogens with one attached hydrogen (secondary N) is 1. The van der Waals surface area contributed by atoms with E-state index in [1.54, 1.807) is 0 Å². The number of nitrogens with zero attached hydrogens (tertiary/aromatic N) is 2. The lowest BCUT2D eigenvalue weighted by atomic mass is 9.97. The van der Waals surface area contributed by atoms with Crippen molar-refractivity contribution in [2.24, 2.45) is 5.92 Å². The zero-order chi connectivity index (χ0) is 21.0. The molecule has 2 unspecified atom stereocenters. The molecule has 6 nitrogen and oxygen atoms in total. The summed E-state index contributed by atoms with van der Waals surface area (Å²) in [6.45, 7) is 5.91. The van der Waals surface area contributed by atoms with Crippen molar-refractivity contribution in [3.05, 3.63) is 65.5 Å². The molecule has 0 aliphatic heterocycles. The van der Waals surface area contributed by atoms with Gasteiger partial charge in [0.2, 0.25) is 5.91 Å². The molecule has 0 radical (unpaired) electrons. The monoisotopic (exact) mass is 393 g/mol. The number of hydrogen-bond acceptors (Lipinski definition) is 3. The predicted octanol–water partition coefficient (Wildman–Crippen LogP) is 3.66. The predicted molar refractivity (Wildman–Crippen MR) is 113 cm³/mol. The molecule has 29 heavy (non-hydrogen) atoms. The molecule has 0 saturated heterocycles. The van der Waals surface area contributed by atoms with Gasteiger partial charge in [-0.25, -0.2) is 0 Å². The van der Waals surface area contributed by atoms with E-state index in [4.69, 9.17) is 0 Å². The fourth-order valence-electron chi connectivity index (χ4n) is 3.65. The second-order valence-corrected chi connectivity index (χ2v) is 7.65. The summed E-state index contributed by atoms with van der Waals surface area (Å²) in [5.41, 5.74) is 2.86. The zero-order valence-corrected chi connectivity index (χ0v) is 17.1. The highest BCUT2D eigenvalue weighted by molar-refractivity contribution is 5.83. The summed E-state index contributed by atoms with van der Waals surface area (Å²) in [4.78, 5) is 24.1. The van der Waals surface area contributed by atoms with Gasteiger partial charge in [0.25, 0.3) is 0 Å². The summed E-state index contributed by atoms with van der Waals surface area (Å²) < 4.78 is 1.83. The van der Waals surface area contributed by atoms with Crippen molar-refractivity contribution in [3.8, 4) is 0 Å². The standard InChI is InChI=1S/C23H27N3O3/c1-15-10-16(2)26(25-15)17(3)11-22(27)24-14-21(23(28)29)13-18-8-9-19-6-4-5-7-20(19)12-18/h4-10,12,17,21H,11,13-14H2,1-3H3,(H,24,27)(H,28,29). The second-order valence-electron chi connectivity index (χ2n) is 7.65. The Balaban J connectivity index is 1.59. The number of hydrogen-bond donors (Lipinski definition) is 2.